The zero-order valence-corrected chi connectivity index (χ0v) is 23.2. The molecule has 0 aromatic heterocycles. The Bertz CT molecular complexity index is 1470. The van der Waals surface area contributed by atoms with Crippen LogP contribution in [-0.2, 0) is 19.6 Å². The highest BCUT2D eigenvalue weighted by molar-refractivity contribution is 6.35. The Morgan fingerprint density at radius 1 is 0.925 bits per heavy atom. The normalized spacial score (nSPS) is 10.6. The van der Waals surface area contributed by atoms with Crippen molar-refractivity contribution in [2.75, 3.05) is 19.0 Å². The first kappa shape index (κ1) is 28.7. The molecule has 0 radical (unpaired) electrons. The fourth-order valence-electron chi connectivity index (χ4n) is 3.99. The quantitative estimate of drug-likeness (QED) is 0.145. The molecule has 0 fully saturated rings. The summed E-state index contributed by atoms with van der Waals surface area (Å²) in [6.45, 7) is 0.960. The van der Waals surface area contributed by atoms with Crippen LogP contribution in [0.25, 0.3) is 0 Å². The van der Waals surface area contributed by atoms with E-state index in [1.54, 1.807) is 30.2 Å². The number of rotatable bonds is 11. The van der Waals surface area contributed by atoms with Crippen molar-refractivity contribution in [2.24, 2.45) is 0 Å². The number of nitro benzene ring substituents is 1. The van der Waals surface area contributed by atoms with E-state index >= 15 is 0 Å². The molecular weight excluding hydrogens is 553 g/mol. The van der Waals surface area contributed by atoms with E-state index in [2.05, 4.69) is 5.32 Å². The summed E-state index contributed by atoms with van der Waals surface area (Å²) in [7, 11) is 1.57. The summed E-state index contributed by atoms with van der Waals surface area (Å²) in [6, 6.07) is 25.9. The van der Waals surface area contributed by atoms with Crippen molar-refractivity contribution in [2.45, 2.75) is 19.6 Å². The third kappa shape index (κ3) is 7.88. The molecule has 1 N–H and O–H groups in total. The molecule has 0 saturated carbocycles. The summed E-state index contributed by atoms with van der Waals surface area (Å²) in [4.78, 5) is 25.5. The zero-order chi connectivity index (χ0) is 28.5. The number of halogens is 2. The molecule has 0 atom stereocenters. The van der Waals surface area contributed by atoms with Gasteiger partial charge in [0.05, 0.1) is 12.0 Å². The van der Waals surface area contributed by atoms with E-state index in [9.17, 15) is 14.9 Å². The highest BCUT2D eigenvalue weighted by atomic mass is 35.5. The molecule has 0 heterocycles. The third-order valence-electron chi connectivity index (χ3n) is 6.12. The topological polar surface area (TPSA) is 93.9 Å². The average Bonchev–Trinajstić information content (AvgIpc) is 2.95. The largest absolute Gasteiger partial charge is 0.493 e. The number of carbonyl (C=O) groups excluding carboxylic acids is 1. The van der Waals surface area contributed by atoms with Crippen LogP contribution >= 0.6 is 23.2 Å². The standard InChI is InChI=1S/C30H27Cl2N3O5/c1-39-28-14-7-22(17-29(28)40-20-21-5-3-2-4-6-21)19-34(16-15-23-8-9-24(31)18-27(23)32)30(36)33-25-10-12-26(13-11-25)35(37)38/h2-14,17-18H,15-16,19-20H2,1H3,(H,33,36). The zero-order valence-electron chi connectivity index (χ0n) is 21.7. The van der Waals surface area contributed by atoms with Crippen LogP contribution in [-0.4, -0.2) is 29.5 Å². The number of methoxy groups -OCH3 is 1. The molecule has 4 aromatic carbocycles. The maximum Gasteiger partial charge on any atom is 0.322 e. The van der Waals surface area contributed by atoms with Crippen LogP contribution in [0.2, 0.25) is 10.0 Å². The van der Waals surface area contributed by atoms with Crippen molar-refractivity contribution in [3.63, 3.8) is 0 Å². The number of benzene rings is 4. The van der Waals surface area contributed by atoms with Gasteiger partial charge in [-0.3, -0.25) is 10.1 Å². The van der Waals surface area contributed by atoms with Gasteiger partial charge in [-0.25, -0.2) is 4.79 Å². The van der Waals surface area contributed by atoms with Crippen LogP contribution in [0.5, 0.6) is 11.5 Å². The minimum atomic E-state index is -0.491. The first-order valence-corrected chi connectivity index (χ1v) is 13.2. The molecule has 4 aromatic rings. The van der Waals surface area contributed by atoms with Gasteiger partial charge in [-0.1, -0.05) is 65.7 Å². The number of anilines is 1. The fourth-order valence-corrected chi connectivity index (χ4v) is 4.49. The summed E-state index contributed by atoms with van der Waals surface area (Å²) in [5.41, 5.74) is 3.06. The lowest BCUT2D eigenvalue weighted by Gasteiger charge is -2.24. The van der Waals surface area contributed by atoms with Crippen molar-refractivity contribution in [1.29, 1.82) is 0 Å². The molecule has 0 spiro atoms. The highest BCUT2D eigenvalue weighted by Gasteiger charge is 2.17. The molecule has 4 rings (SSSR count). The predicted molar refractivity (Wildman–Crippen MR) is 156 cm³/mol. The maximum absolute atomic E-state index is 13.4. The van der Waals surface area contributed by atoms with Gasteiger partial charge >= 0.3 is 6.03 Å². The van der Waals surface area contributed by atoms with Gasteiger partial charge in [-0.2, -0.15) is 0 Å². The SMILES string of the molecule is COc1ccc(CN(CCc2ccc(Cl)cc2Cl)C(=O)Nc2ccc([N+](=O)[O-])cc2)cc1OCc1ccccc1. The number of urea groups is 1. The van der Waals surface area contributed by atoms with Crippen molar-refractivity contribution >= 4 is 40.6 Å². The summed E-state index contributed by atoms with van der Waals surface area (Å²) in [5, 5.41) is 14.9. The van der Waals surface area contributed by atoms with Crippen molar-refractivity contribution < 1.29 is 19.2 Å². The minimum Gasteiger partial charge on any atom is -0.493 e. The maximum atomic E-state index is 13.4. The monoisotopic (exact) mass is 579 g/mol. The van der Waals surface area contributed by atoms with Crippen molar-refractivity contribution in [3.8, 4) is 11.5 Å². The Labute approximate surface area is 242 Å². The average molecular weight is 580 g/mol. The molecule has 10 heteroatoms. The van der Waals surface area contributed by atoms with Crippen LogP contribution in [0.3, 0.4) is 0 Å². The van der Waals surface area contributed by atoms with E-state index in [4.69, 9.17) is 32.7 Å². The number of nitrogens with one attached hydrogen (secondary N) is 1. The van der Waals surface area contributed by atoms with Gasteiger partial charge < -0.3 is 19.7 Å². The number of hydrogen-bond acceptors (Lipinski definition) is 5. The lowest BCUT2D eigenvalue weighted by molar-refractivity contribution is -0.384. The molecule has 2 amide bonds. The number of nitro groups is 1. The molecule has 0 aliphatic heterocycles. The van der Waals surface area contributed by atoms with Crippen molar-refractivity contribution in [1.82, 2.24) is 4.90 Å². The van der Waals surface area contributed by atoms with E-state index < -0.39 is 4.92 Å². The van der Waals surface area contributed by atoms with Crippen LogP contribution in [0.15, 0.2) is 91.0 Å². The van der Waals surface area contributed by atoms with Crippen LogP contribution in [0, 0.1) is 10.1 Å². The Kier molecular flexibility index (Phi) is 9.83. The second kappa shape index (κ2) is 13.7. The summed E-state index contributed by atoms with van der Waals surface area (Å²) in [6.07, 6.45) is 0.483. The number of ether oxygens (including phenoxy) is 2. The van der Waals surface area contributed by atoms with Gasteiger partial charge in [0.2, 0.25) is 0 Å². The van der Waals surface area contributed by atoms with Gasteiger partial charge in [0.25, 0.3) is 5.69 Å². The number of non-ortho nitro benzene ring substituents is 1. The lowest BCUT2D eigenvalue weighted by atomic mass is 10.1. The molecule has 8 nitrogen and oxygen atoms in total. The van der Waals surface area contributed by atoms with Gasteiger partial charge in [-0.15, -0.1) is 0 Å². The number of hydrogen-bond donors (Lipinski definition) is 1. The lowest BCUT2D eigenvalue weighted by Crippen LogP contribution is -2.36. The Balaban J connectivity index is 1.54. The summed E-state index contributed by atoms with van der Waals surface area (Å²) < 4.78 is 11.5. The van der Waals surface area contributed by atoms with E-state index in [-0.39, 0.29) is 18.3 Å². The highest BCUT2D eigenvalue weighted by Crippen LogP contribution is 2.30. The van der Waals surface area contributed by atoms with Gasteiger partial charge in [0.1, 0.15) is 6.61 Å². The fraction of sp³-hybridized carbons (Fsp3) is 0.167. The molecule has 0 unspecified atom stereocenters. The molecule has 0 aliphatic carbocycles. The predicted octanol–water partition coefficient (Wildman–Crippen LogP) is 7.77. The van der Waals surface area contributed by atoms with Crippen molar-refractivity contribution in [3.05, 3.63) is 128 Å². The molecule has 0 bridgehead atoms. The summed E-state index contributed by atoms with van der Waals surface area (Å²) >= 11 is 12.4. The Hall–Kier alpha value is -4.27. The van der Waals surface area contributed by atoms with Crippen LogP contribution in [0.1, 0.15) is 16.7 Å². The van der Waals surface area contributed by atoms with E-state index in [1.165, 1.54) is 24.3 Å². The van der Waals surface area contributed by atoms with E-state index in [1.807, 2.05) is 48.5 Å². The molecule has 0 saturated heterocycles. The van der Waals surface area contributed by atoms with Crippen LogP contribution in [0.4, 0.5) is 16.2 Å². The minimum absolute atomic E-state index is 0.0616. The second-order valence-electron chi connectivity index (χ2n) is 8.90. The van der Waals surface area contributed by atoms with Gasteiger partial charge in [0, 0.05) is 41.0 Å². The number of amides is 2. The van der Waals surface area contributed by atoms with Gasteiger partial charge in [-0.05, 0) is 59.5 Å². The number of nitrogens with zero attached hydrogens (tertiary/aromatic N) is 2. The first-order chi connectivity index (χ1) is 19.3. The Morgan fingerprint density at radius 2 is 1.68 bits per heavy atom. The smallest absolute Gasteiger partial charge is 0.322 e. The second-order valence-corrected chi connectivity index (χ2v) is 9.74. The first-order valence-electron chi connectivity index (χ1n) is 12.4. The molecule has 206 valence electrons. The Morgan fingerprint density at radius 3 is 2.35 bits per heavy atom. The third-order valence-corrected chi connectivity index (χ3v) is 6.71. The van der Waals surface area contributed by atoms with Gasteiger partial charge in [0.15, 0.2) is 11.5 Å². The number of carbonyl (C=O) groups is 1. The molecule has 40 heavy (non-hydrogen) atoms. The molecule has 0 aliphatic rings. The van der Waals surface area contributed by atoms with Crippen LogP contribution < -0.4 is 14.8 Å². The van der Waals surface area contributed by atoms with E-state index in [0.29, 0.717) is 46.8 Å². The van der Waals surface area contributed by atoms with E-state index in [0.717, 1.165) is 16.7 Å². The summed E-state index contributed by atoms with van der Waals surface area (Å²) in [5.74, 6) is 1.13. The molecular formula is C30H27Cl2N3O5.